The first-order valence-electron chi connectivity index (χ1n) is 6.87. The van der Waals surface area contributed by atoms with Crippen molar-refractivity contribution in [1.29, 1.82) is 0 Å². The zero-order valence-corrected chi connectivity index (χ0v) is 11.2. The predicted octanol–water partition coefficient (Wildman–Crippen LogP) is 1.90. The van der Waals surface area contributed by atoms with E-state index in [1.807, 2.05) is 25.7 Å². The average molecular weight is 255 g/mol. The molecule has 0 aromatic rings. The smallest absolute Gasteiger partial charge is 0.410 e. The fraction of sp³-hybridized carbons (Fsp3) is 0.923. The maximum Gasteiger partial charge on any atom is 0.410 e. The standard InChI is InChI=1S/C13H21NO4/c1-4-16-12(15)14-10-5-6-13(7-11(10)14)17-8(2)9(3)18-13/h8-11H,4-7H2,1-3H3/t8-,9-,10-,11+,14?/m1/s1. The maximum absolute atomic E-state index is 11.7. The van der Waals surface area contributed by atoms with Gasteiger partial charge in [-0.1, -0.05) is 0 Å². The van der Waals surface area contributed by atoms with E-state index in [4.69, 9.17) is 14.2 Å². The van der Waals surface area contributed by atoms with E-state index in [-0.39, 0.29) is 24.3 Å². The number of carbonyl (C=O) groups excluding carboxylic acids is 1. The van der Waals surface area contributed by atoms with Crippen molar-refractivity contribution in [2.75, 3.05) is 6.61 Å². The first-order valence-corrected chi connectivity index (χ1v) is 6.87. The summed E-state index contributed by atoms with van der Waals surface area (Å²) in [5.74, 6) is -0.457. The lowest BCUT2D eigenvalue weighted by molar-refractivity contribution is -0.187. The summed E-state index contributed by atoms with van der Waals surface area (Å²) in [7, 11) is 0. The van der Waals surface area contributed by atoms with E-state index in [0.717, 1.165) is 19.3 Å². The quantitative estimate of drug-likeness (QED) is 0.671. The van der Waals surface area contributed by atoms with Crippen molar-refractivity contribution in [2.45, 2.75) is 70.1 Å². The lowest BCUT2D eigenvalue weighted by Gasteiger charge is -2.30. The second kappa shape index (κ2) is 4.10. The molecule has 0 unspecified atom stereocenters. The molecule has 2 heterocycles. The van der Waals surface area contributed by atoms with Crippen molar-refractivity contribution in [3.8, 4) is 0 Å². The van der Waals surface area contributed by atoms with Crippen LogP contribution in [0.1, 0.15) is 40.0 Å². The van der Waals surface area contributed by atoms with Gasteiger partial charge in [-0.3, -0.25) is 4.90 Å². The largest absolute Gasteiger partial charge is 0.450 e. The number of rotatable bonds is 1. The summed E-state index contributed by atoms with van der Waals surface area (Å²) in [5, 5.41) is 0. The highest BCUT2D eigenvalue weighted by Gasteiger charge is 2.61. The van der Waals surface area contributed by atoms with E-state index in [9.17, 15) is 4.79 Å². The highest BCUT2D eigenvalue weighted by Crippen LogP contribution is 2.49. The molecule has 0 aromatic heterocycles. The van der Waals surface area contributed by atoms with Crippen molar-refractivity contribution >= 4 is 6.09 Å². The van der Waals surface area contributed by atoms with Crippen LogP contribution in [0.4, 0.5) is 4.79 Å². The minimum atomic E-state index is -0.457. The number of fused-ring (bicyclic) bond motifs is 1. The van der Waals surface area contributed by atoms with Crippen LogP contribution in [0.2, 0.25) is 0 Å². The molecule has 1 saturated carbocycles. The van der Waals surface area contributed by atoms with Crippen molar-refractivity contribution < 1.29 is 19.0 Å². The van der Waals surface area contributed by atoms with E-state index in [0.29, 0.717) is 12.6 Å². The summed E-state index contributed by atoms with van der Waals surface area (Å²) >= 11 is 0. The Labute approximate surface area is 107 Å². The molecule has 3 rings (SSSR count). The molecule has 18 heavy (non-hydrogen) atoms. The Morgan fingerprint density at radius 3 is 2.61 bits per heavy atom. The molecule has 4 atom stereocenters. The highest BCUT2D eigenvalue weighted by molar-refractivity contribution is 5.72. The summed E-state index contributed by atoms with van der Waals surface area (Å²) in [6.45, 7) is 6.35. The van der Waals surface area contributed by atoms with E-state index in [2.05, 4.69) is 0 Å². The van der Waals surface area contributed by atoms with Gasteiger partial charge in [-0.05, 0) is 27.2 Å². The number of hydrogen-bond donors (Lipinski definition) is 0. The van der Waals surface area contributed by atoms with Crippen LogP contribution in [-0.4, -0.2) is 47.7 Å². The Morgan fingerprint density at radius 2 is 2.00 bits per heavy atom. The van der Waals surface area contributed by atoms with Gasteiger partial charge in [-0.25, -0.2) is 4.79 Å². The summed E-state index contributed by atoms with van der Waals surface area (Å²) in [4.78, 5) is 13.6. The van der Waals surface area contributed by atoms with Crippen LogP contribution in [0, 0.1) is 0 Å². The summed E-state index contributed by atoms with van der Waals surface area (Å²) in [6.07, 6.45) is 2.68. The normalized spacial score (nSPS) is 40.7. The molecule has 5 heteroatoms. The van der Waals surface area contributed by atoms with Crippen LogP contribution in [-0.2, 0) is 14.2 Å². The van der Waals surface area contributed by atoms with E-state index < -0.39 is 5.79 Å². The van der Waals surface area contributed by atoms with Crippen molar-refractivity contribution in [1.82, 2.24) is 4.90 Å². The molecule has 102 valence electrons. The van der Waals surface area contributed by atoms with Crippen LogP contribution >= 0.6 is 0 Å². The molecule has 0 radical (unpaired) electrons. The van der Waals surface area contributed by atoms with Gasteiger partial charge in [0.25, 0.3) is 0 Å². The molecule has 3 fully saturated rings. The second-order valence-electron chi connectivity index (χ2n) is 5.54. The summed E-state index contributed by atoms with van der Waals surface area (Å²) in [6, 6.07) is 0.586. The third-order valence-corrected chi connectivity index (χ3v) is 4.35. The van der Waals surface area contributed by atoms with E-state index in [1.165, 1.54) is 0 Å². The van der Waals surface area contributed by atoms with Crippen LogP contribution in [0.5, 0.6) is 0 Å². The van der Waals surface area contributed by atoms with Crippen molar-refractivity contribution in [2.24, 2.45) is 0 Å². The lowest BCUT2D eigenvalue weighted by atomic mass is 9.94. The maximum atomic E-state index is 11.7. The molecule has 2 saturated heterocycles. The second-order valence-corrected chi connectivity index (χ2v) is 5.54. The zero-order valence-electron chi connectivity index (χ0n) is 11.2. The van der Waals surface area contributed by atoms with Gasteiger partial charge in [-0.15, -0.1) is 0 Å². The average Bonchev–Trinajstić information content (AvgIpc) is 2.94. The molecule has 5 nitrogen and oxygen atoms in total. The van der Waals surface area contributed by atoms with E-state index >= 15 is 0 Å². The summed E-state index contributed by atoms with van der Waals surface area (Å²) in [5.41, 5.74) is 0. The predicted molar refractivity (Wildman–Crippen MR) is 64.1 cm³/mol. The number of hydrogen-bond acceptors (Lipinski definition) is 4. The molecule has 1 aliphatic carbocycles. The SMILES string of the molecule is CCOC(=O)N1[C@@H]2CCC3(C[C@@H]21)O[C@H](C)[C@@H](C)O3. The van der Waals surface area contributed by atoms with Crippen LogP contribution in [0.15, 0.2) is 0 Å². The summed E-state index contributed by atoms with van der Waals surface area (Å²) < 4.78 is 17.0. The van der Waals surface area contributed by atoms with Gasteiger partial charge in [0.05, 0.1) is 30.9 Å². The van der Waals surface area contributed by atoms with Gasteiger partial charge < -0.3 is 14.2 Å². The highest BCUT2D eigenvalue weighted by atomic mass is 16.8. The lowest BCUT2D eigenvalue weighted by Crippen LogP contribution is -2.36. The Bertz CT molecular complexity index is 349. The van der Waals surface area contributed by atoms with Gasteiger partial charge in [-0.2, -0.15) is 0 Å². The molecule has 1 amide bonds. The minimum Gasteiger partial charge on any atom is -0.450 e. The number of likely N-dealkylation sites (tertiary alicyclic amines) is 1. The van der Waals surface area contributed by atoms with Gasteiger partial charge in [0.2, 0.25) is 0 Å². The fourth-order valence-corrected chi connectivity index (χ4v) is 3.27. The van der Waals surface area contributed by atoms with Crippen LogP contribution < -0.4 is 0 Å². The van der Waals surface area contributed by atoms with Gasteiger partial charge in [0.1, 0.15) is 0 Å². The number of carbonyl (C=O) groups is 1. The van der Waals surface area contributed by atoms with Crippen molar-refractivity contribution in [3.05, 3.63) is 0 Å². The number of ether oxygens (including phenoxy) is 3. The molecule has 1 spiro atoms. The zero-order chi connectivity index (χ0) is 12.9. The van der Waals surface area contributed by atoms with Crippen LogP contribution in [0.25, 0.3) is 0 Å². The van der Waals surface area contributed by atoms with Gasteiger partial charge >= 0.3 is 6.09 Å². The third kappa shape index (κ3) is 1.80. The van der Waals surface area contributed by atoms with Gasteiger partial charge in [0.15, 0.2) is 5.79 Å². The topological polar surface area (TPSA) is 47.8 Å². The van der Waals surface area contributed by atoms with Crippen LogP contribution in [0.3, 0.4) is 0 Å². The van der Waals surface area contributed by atoms with E-state index in [1.54, 1.807) is 0 Å². The molecular weight excluding hydrogens is 234 g/mol. The minimum absolute atomic E-state index is 0.136. The van der Waals surface area contributed by atoms with Gasteiger partial charge in [0, 0.05) is 12.8 Å². The Hall–Kier alpha value is -0.810. The third-order valence-electron chi connectivity index (χ3n) is 4.35. The Balaban J connectivity index is 1.64. The number of nitrogens with zero attached hydrogens (tertiary/aromatic N) is 1. The Kier molecular flexibility index (Phi) is 2.79. The number of amides is 1. The monoisotopic (exact) mass is 255 g/mol. The first kappa shape index (κ1) is 12.2. The fourth-order valence-electron chi connectivity index (χ4n) is 3.27. The Morgan fingerprint density at radius 1 is 1.33 bits per heavy atom. The molecule has 0 N–H and O–H groups in total. The van der Waals surface area contributed by atoms with Crippen molar-refractivity contribution in [3.63, 3.8) is 0 Å². The molecule has 0 aromatic carbocycles. The molecule has 3 aliphatic rings. The molecule has 0 bridgehead atoms. The molecular formula is C13H21NO4. The molecule has 2 aliphatic heterocycles. The first-order chi connectivity index (χ1) is 8.56.